The van der Waals surface area contributed by atoms with Gasteiger partial charge in [0, 0.05) is 38.4 Å². The average Bonchev–Trinajstić information content (AvgIpc) is 3.12. The molecule has 1 aromatic heterocycles. The fraction of sp³-hybridized carbons (Fsp3) is 0.348. The first-order chi connectivity index (χ1) is 13.3. The van der Waals surface area contributed by atoms with Gasteiger partial charge in [0.05, 0.1) is 19.3 Å². The van der Waals surface area contributed by atoms with Crippen LogP contribution in [0.4, 0.5) is 0 Å². The van der Waals surface area contributed by atoms with E-state index in [0.717, 1.165) is 38.5 Å². The first-order valence-corrected chi connectivity index (χ1v) is 9.69. The van der Waals surface area contributed by atoms with Crippen LogP contribution in [0.25, 0.3) is 0 Å². The molecular formula is C23H27N3O. The molecule has 27 heavy (non-hydrogen) atoms. The second-order valence-electron chi connectivity index (χ2n) is 7.29. The molecule has 0 saturated carbocycles. The molecule has 1 aliphatic heterocycles. The summed E-state index contributed by atoms with van der Waals surface area (Å²) in [6.45, 7) is 3.57. The normalized spacial score (nSPS) is 18.1. The molecule has 0 radical (unpaired) electrons. The van der Waals surface area contributed by atoms with Crippen LogP contribution in [0.3, 0.4) is 0 Å². The van der Waals surface area contributed by atoms with Gasteiger partial charge in [-0.25, -0.2) is 4.98 Å². The molecule has 3 aromatic rings. The fourth-order valence-corrected chi connectivity index (χ4v) is 3.91. The van der Waals surface area contributed by atoms with Crippen molar-refractivity contribution in [3.8, 4) is 0 Å². The number of benzene rings is 2. The Labute approximate surface area is 161 Å². The summed E-state index contributed by atoms with van der Waals surface area (Å²) in [5.74, 6) is 1.46. The quantitative estimate of drug-likeness (QED) is 0.668. The SMILES string of the molecule is Cn1ccnc1CN1CCO[C@H](CC(c2ccccc2)c2ccccc2)C1. The second-order valence-corrected chi connectivity index (χ2v) is 7.29. The van der Waals surface area contributed by atoms with E-state index >= 15 is 0 Å². The first-order valence-electron chi connectivity index (χ1n) is 9.69. The maximum atomic E-state index is 6.16. The van der Waals surface area contributed by atoms with E-state index in [1.807, 2.05) is 12.4 Å². The van der Waals surface area contributed by atoms with Crippen molar-refractivity contribution in [3.05, 3.63) is 90.0 Å². The molecule has 1 fully saturated rings. The number of nitrogens with zero attached hydrogens (tertiary/aromatic N) is 3. The van der Waals surface area contributed by atoms with Gasteiger partial charge < -0.3 is 9.30 Å². The van der Waals surface area contributed by atoms with Gasteiger partial charge in [-0.3, -0.25) is 4.90 Å². The van der Waals surface area contributed by atoms with Gasteiger partial charge in [0.25, 0.3) is 0 Å². The lowest BCUT2D eigenvalue weighted by molar-refractivity contribution is -0.0373. The topological polar surface area (TPSA) is 30.3 Å². The summed E-state index contributed by atoms with van der Waals surface area (Å²) in [7, 11) is 2.06. The van der Waals surface area contributed by atoms with E-state index in [1.54, 1.807) is 0 Å². The minimum atomic E-state index is 0.226. The summed E-state index contributed by atoms with van der Waals surface area (Å²) in [5, 5.41) is 0. The van der Waals surface area contributed by atoms with E-state index in [2.05, 4.69) is 82.2 Å². The summed E-state index contributed by atoms with van der Waals surface area (Å²) in [4.78, 5) is 6.93. The van der Waals surface area contributed by atoms with Crippen molar-refractivity contribution in [3.63, 3.8) is 0 Å². The van der Waals surface area contributed by atoms with Crippen LogP contribution in [0.1, 0.15) is 29.3 Å². The lowest BCUT2D eigenvalue weighted by Crippen LogP contribution is -2.43. The average molecular weight is 361 g/mol. The Morgan fingerprint density at radius 3 is 2.30 bits per heavy atom. The molecule has 4 rings (SSSR count). The van der Waals surface area contributed by atoms with Crippen molar-refractivity contribution >= 4 is 0 Å². The van der Waals surface area contributed by atoms with Crippen LogP contribution in [0, 0.1) is 0 Å². The lowest BCUT2D eigenvalue weighted by atomic mass is 9.86. The molecule has 4 nitrogen and oxygen atoms in total. The Hall–Kier alpha value is -2.43. The van der Waals surface area contributed by atoms with Crippen LogP contribution in [-0.4, -0.2) is 40.3 Å². The lowest BCUT2D eigenvalue weighted by Gasteiger charge is -2.34. The van der Waals surface area contributed by atoms with Crippen LogP contribution >= 0.6 is 0 Å². The van der Waals surface area contributed by atoms with Gasteiger partial charge in [0.1, 0.15) is 5.82 Å². The molecule has 0 amide bonds. The minimum absolute atomic E-state index is 0.226. The Morgan fingerprint density at radius 1 is 1.04 bits per heavy atom. The van der Waals surface area contributed by atoms with Crippen LogP contribution in [-0.2, 0) is 18.3 Å². The number of hydrogen-bond donors (Lipinski definition) is 0. The minimum Gasteiger partial charge on any atom is -0.376 e. The van der Waals surface area contributed by atoms with Crippen molar-refractivity contribution in [2.24, 2.45) is 7.05 Å². The molecule has 140 valence electrons. The molecule has 0 unspecified atom stereocenters. The summed E-state index contributed by atoms with van der Waals surface area (Å²) in [6.07, 6.45) is 5.09. The van der Waals surface area contributed by atoms with E-state index in [-0.39, 0.29) is 6.10 Å². The van der Waals surface area contributed by atoms with Crippen molar-refractivity contribution in [2.45, 2.75) is 25.0 Å². The molecule has 2 heterocycles. The fourth-order valence-electron chi connectivity index (χ4n) is 3.91. The number of morpholine rings is 1. The van der Waals surface area contributed by atoms with E-state index in [0.29, 0.717) is 5.92 Å². The van der Waals surface area contributed by atoms with Crippen molar-refractivity contribution in [2.75, 3.05) is 19.7 Å². The molecule has 1 aliphatic rings. The van der Waals surface area contributed by atoms with Gasteiger partial charge in [-0.1, -0.05) is 60.7 Å². The third-order valence-corrected chi connectivity index (χ3v) is 5.41. The second kappa shape index (κ2) is 8.51. The molecule has 0 aliphatic carbocycles. The summed E-state index contributed by atoms with van der Waals surface area (Å²) >= 11 is 0. The number of aryl methyl sites for hydroxylation is 1. The molecule has 2 aromatic carbocycles. The molecular weight excluding hydrogens is 334 g/mol. The zero-order chi connectivity index (χ0) is 18.5. The van der Waals surface area contributed by atoms with Crippen molar-refractivity contribution in [1.29, 1.82) is 0 Å². The summed E-state index contributed by atoms with van der Waals surface area (Å²) in [6, 6.07) is 21.6. The highest BCUT2D eigenvalue weighted by molar-refractivity contribution is 5.32. The van der Waals surface area contributed by atoms with Gasteiger partial charge in [0.15, 0.2) is 0 Å². The monoisotopic (exact) mass is 361 g/mol. The van der Waals surface area contributed by atoms with Crippen molar-refractivity contribution in [1.82, 2.24) is 14.5 Å². The zero-order valence-electron chi connectivity index (χ0n) is 15.9. The highest BCUT2D eigenvalue weighted by atomic mass is 16.5. The summed E-state index contributed by atoms with van der Waals surface area (Å²) in [5.41, 5.74) is 2.71. The molecule has 0 N–H and O–H groups in total. The Kier molecular flexibility index (Phi) is 5.66. The molecule has 0 bridgehead atoms. The van der Waals surface area contributed by atoms with Gasteiger partial charge >= 0.3 is 0 Å². The zero-order valence-corrected chi connectivity index (χ0v) is 15.9. The number of rotatable bonds is 6. The molecule has 0 spiro atoms. The molecule has 1 atom stereocenters. The predicted molar refractivity (Wildman–Crippen MR) is 108 cm³/mol. The smallest absolute Gasteiger partial charge is 0.122 e. The van der Waals surface area contributed by atoms with Crippen LogP contribution in [0.15, 0.2) is 73.1 Å². The number of aromatic nitrogens is 2. The standard InChI is InChI=1S/C23H27N3O/c1-25-13-12-24-23(25)18-26-14-15-27-21(17-26)16-22(19-8-4-2-5-9-19)20-10-6-3-7-11-20/h2-13,21-22H,14-18H2,1H3/t21-/m1/s1. The number of hydrogen-bond acceptors (Lipinski definition) is 3. The van der Waals surface area contributed by atoms with Crippen molar-refractivity contribution < 1.29 is 4.74 Å². The van der Waals surface area contributed by atoms with Gasteiger partial charge in [0.2, 0.25) is 0 Å². The third-order valence-electron chi connectivity index (χ3n) is 5.41. The third kappa shape index (κ3) is 4.46. The summed E-state index contributed by atoms with van der Waals surface area (Å²) < 4.78 is 8.26. The van der Waals surface area contributed by atoms with E-state index in [1.165, 1.54) is 11.1 Å². The van der Waals surface area contributed by atoms with Gasteiger partial charge in [-0.2, -0.15) is 0 Å². The van der Waals surface area contributed by atoms with E-state index in [4.69, 9.17) is 4.74 Å². The van der Waals surface area contributed by atoms with Crippen LogP contribution in [0.2, 0.25) is 0 Å². The maximum absolute atomic E-state index is 6.16. The van der Waals surface area contributed by atoms with Gasteiger partial charge in [-0.05, 0) is 17.5 Å². The van der Waals surface area contributed by atoms with E-state index in [9.17, 15) is 0 Å². The number of imidazole rings is 1. The van der Waals surface area contributed by atoms with E-state index < -0.39 is 0 Å². The van der Waals surface area contributed by atoms with Crippen LogP contribution < -0.4 is 0 Å². The Morgan fingerprint density at radius 2 is 1.70 bits per heavy atom. The largest absolute Gasteiger partial charge is 0.376 e. The predicted octanol–water partition coefficient (Wildman–Crippen LogP) is 3.84. The number of ether oxygens (including phenoxy) is 1. The van der Waals surface area contributed by atoms with Crippen LogP contribution in [0.5, 0.6) is 0 Å². The Balaban J connectivity index is 1.48. The maximum Gasteiger partial charge on any atom is 0.122 e. The first kappa shape index (κ1) is 18.0. The Bertz CT molecular complexity index is 792. The highest BCUT2D eigenvalue weighted by Crippen LogP contribution is 2.31. The molecule has 1 saturated heterocycles. The molecule has 4 heteroatoms. The highest BCUT2D eigenvalue weighted by Gasteiger charge is 2.26. The van der Waals surface area contributed by atoms with Gasteiger partial charge in [-0.15, -0.1) is 0 Å².